The van der Waals surface area contributed by atoms with Crippen molar-refractivity contribution in [1.29, 1.82) is 0 Å². The Bertz CT molecular complexity index is 803. The molecule has 0 unspecified atom stereocenters. The normalized spacial score (nSPS) is 14.0. The Morgan fingerprint density at radius 2 is 1.67 bits per heavy atom. The average Bonchev–Trinajstić information content (AvgIpc) is 3.12. The predicted molar refractivity (Wildman–Crippen MR) is 89.9 cm³/mol. The van der Waals surface area contributed by atoms with Gasteiger partial charge >= 0.3 is 145 Å². The molecule has 0 saturated carbocycles. The van der Waals surface area contributed by atoms with Crippen LogP contribution in [0.2, 0.25) is 0 Å². The van der Waals surface area contributed by atoms with Crippen molar-refractivity contribution in [3.63, 3.8) is 0 Å². The quantitative estimate of drug-likeness (QED) is 0.488. The zero-order chi connectivity index (χ0) is 15.1. The Labute approximate surface area is 168 Å². The maximum absolute atomic E-state index is 2.50. The van der Waals surface area contributed by atoms with E-state index in [-0.39, 0.29) is 24.8 Å². The van der Waals surface area contributed by atoms with E-state index in [0.29, 0.717) is 5.92 Å². The molecule has 0 amide bonds. The first kappa shape index (κ1) is 19.7. The van der Waals surface area contributed by atoms with E-state index in [0.717, 1.165) is 6.42 Å². The molecule has 0 heterocycles. The van der Waals surface area contributed by atoms with Gasteiger partial charge in [0.1, 0.15) is 0 Å². The monoisotopic (exact) mass is 432 g/mol. The van der Waals surface area contributed by atoms with Gasteiger partial charge in [0.05, 0.1) is 0 Å². The van der Waals surface area contributed by atoms with Crippen molar-refractivity contribution in [1.82, 2.24) is 0 Å². The number of hydrogen-bond donors (Lipinski definition) is 0. The second-order valence-electron chi connectivity index (χ2n) is 6.52. The summed E-state index contributed by atoms with van der Waals surface area (Å²) in [4.78, 5) is 0. The Kier molecular flexibility index (Phi) is 6.71. The van der Waals surface area contributed by atoms with E-state index in [1.807, 2.05) is 0 Å². The van der Waals surface area contributed by atoms with Crippen LogP contribution in [0.15, 0.2) is 63.5 Å². The van der Waals surface area contributed by atoms with Crippen LogP contribution in [0.3, 0.4) is 0 Å². The van der Waals surface area contributed by atoms with Crippen molar-refractivity contribution in [2.75, 3.05) is 0 Å². The first-order valence-electron chi connectivity index (χ1n) is 8.10. The minimum atomic E-state index is -0.646. The Hall–Kier alpha value is -0.617. The first-order chi connectivity index (χ1) is 10.7. The summed E-state index contributed by atoms with van der Waals surface area (Å²) < 4.78 is 3.42. The van der Waals surface area contributed by atoms with Crippen LogP contribution in [0.5, 0.6) is 0 Å². The fourth-order valence-corrected chi connectivity index (χ4v) is 6.78. The molecule has 4 rings (SSSR count). The molecule has 2 aromatic rings. The molecule has 0 saturated heterocycles. The fraction of sp³-hybridized carbons (Fsp3) is 0.238. The van der Waals surface area contributed by atoms with E-state index in [9.17, 15) is 0 Å². The van der Waals surface area contributed by atoms with Crippen molar-refractivity contribution in [2.45, 2.75) is 26.7 Å². The van der Waals surface area contributed by atoms with Gasteiger partial charge < -0.3 is 24.8 Å². The van der Waals surface area contributed by atoms with Gasteiger partial charge in [0, 0.05) is 0 Å². The molecule has 0 aromatic heterocycles. The van der Waals surface area contributed by atoms with Crippen LogP contribution < -0.4 is 28.1 Å². The number of benzene rings is 2. The molecule has 0 spiro atoms. The molecule has 0 atom stereocenters. The van der Waals surface area contributed by atoms with Crippen molar-refractivity contribution >= 4 is 3.27 Å². The third kappa shape index (κ3) is 3.64. The van der Waals surface area contributed by atoms with E-state index in [1.54, 1.807) is 17.7 Å². The molecule has 2 aliphatic carbocycles. The molecule has 0 bridgehead atoms. The van der Waals surface area contributed by atoms with Crippen LogP contribution in [0, 0.1) is 5.92 Å². The van der Waals surface area contributed by atoms with E-state index in [2.05, 4.69) is 68.5 Å². The summed E-state index contributed by atoms with van der Waals surface area (Å²) in [6.45, 7) is 4.60. The molecule has 2 aliphatic rings. The topological polar surface area (TPSA) is 0 Å². The Morgan fingerprint density at radius 1 is 0.917 bits per heavy atom. The van der Waals surface area contributed by atoms with Crippen LogP contribution in [0.4, 0.5) is 0 Å². The number of halogens is 2. The number of rotatable bonds is 3. The number of hydrogen-bond acceptors (Lipinski definition) is 0. The molecular formula is C21H20Cl2Zr. The van der Waals surface area contributed by atoms with Gasteiger partial charge in [-0.1, -0.05) is 0 Å². The number of allylic oxidation sites excluding steroid dienone is 4. The van der Waals surface area contributed by atoms with E-state index in [4.69, 9.17) is 0 Å². The average molecular weight is 435 g/mol. The van der Waals surface area contributed by atoms with E-state index < -0.39 is 23.2 Å². The van der Waals surface area contributed by atoms with Crippen molar-refractivity contribution in [3.05, 3.63) is 74.6 Å². The molecule has 0 radical (unpaired) electrons. The van der Waals surface area contributed by atoms with E-state index >= 15 is 0 Å². The van der Waals surface area contributed by atoms with Gasteiger partial charge in [-0.25, -0.2) is 0 Å². The Morgan fingerprint density at radius 3 is 2.42 bits per heavy atom. The third-order valence-electron chi connectivity index (χ3n) is 4.71. The van der Waals surface area contributed by atoms with Gasteiger partial charge in [-0.2, -0.15) is 0 Å². The standard InChI is InChI=1S/C13H9.C8H11.2ClH.Zr/c1-3-7-12-10(5-1)9-11-6-2-4-8-13(11)12;1-7(2)8-5-3-4-6-8;;;/h1-5,7-8H,9H2;5-7H,3H2,1-2H3;2*1H;/q;;;;+2/p-2. The SMILES string of the molecule is CC(C)C1=CC[C]([Zr+2][c]2cccc3c2Cc2ccccc2-3)=C1.[Cl-].[Cl-]. The minimum absolute atomic E-state index is 0. The largest absolute Gasteiger partial charge is 1.00 e. The smallest absolute Gasteiger partial charge is 1.00 e. The molecule has 24 heavy (non-hydrogen) atoms. The van der Waals surface area contributed by atoms with Gasteiger partial charge in [0.15, 0.2) is 0 Å². The van der Waals surface area contributed by atoms with Crippen LogP contribution in [-0.4, -0.2) is 0 Å². The second kappa shape index (κ2) is 8.17. The molecule has 2 aromatic carbocycles. The summed E-state index contributed by atoms with van der Waals surface area (Å²) in [7, 11) is 0. The molecule has 0 aliphatic heterocycles. The van der Waals surface area contributed by atoms with Crippen LogP contribution >= 0.6 is 0 Å². The summed E-state index contributed by atoms with van der Waals surface area (Å²) in [5.41, 5.74) is 7.62. The van der Waals surface area contributed by atoms with E-state index in [1.165, 1.54) is 23.1 Å². The van der Waals surface area contributed by atoms with Crippen LogP contribution in [0.25, 0.3) is 11.1 Å². The summed E-state index contributed by atoms with van der Waals surface area (Å²) in [5.74, 6) is 0.669. The molecule has 0 nitrogen and oxygen atoms in total. The molecule has 0 fully saturated rings. The zero-order valence-corrected chi connectivity index (χ0v) is 17.9. The van der Waals surface area contributed by atoms with Crippen LogP contribution in [-0.2, 0) is 29.7 Å². The van der Waals surface area contributed by atoms with Crippen LogP contribution in [0.1, 0.15) is 31.4 Å². The fourth-order valence-electron chi connectivity index (χ4n) is 3.48. The summed E-state index contributed by atoms with van der Waals surface area (Å²) in [6.07, 6.45) is 7.29. The zero-order valence-electron chi connectivity index (χ0n) is 13.9. The molecular weight excluding hydrogens is 414 g/mol. The van der Waals surface area contributed by atoms with Gasteiger partial charge in [-0.3, -0.25) is 0 Å². The molecule has 0 N–H and O–H groups in total. The maximum atomic E-state index is 2.50. The second-order valence-corrected chi connectivity index (χ2v) is 10.0. The predicted octanol–water partition coefficient (Wildman–Crippen LogP) is -1.16. The molecule has 122 valence electrons. The maximum Gasteiger partial charge on any atom is -1.00 e. The van der Waals surface area contributed by atoms with Crippen molar-refractivity contribution in [2.24, 2.45) is 5.92 Å². The number of fused-ring (bicyclic) bond motifs is 3. The van der Waals surface area contributed by atoms with Gasteiger partial charge in [-0.05, 0) is 0 Å². The third-order valence-corrected chi connectivity index (χ3v) is 8.17. The minimum Gasteiger partial charge on any atom is -1.00 e. The summed E-state index contributed by atoms with van der Waals surface area (Å²) >= 11 is -0.646. The van der Waals surface area contributed by atoms with Gasteiger partial charge in [0.2, 0.25) is 0 Å². The summed E-state index contributed by atoms with van der Waals surface area (Å²) in [5, 5.41) is 0. The molecule has 3 heteroatoms. The van der Waals surface area contributed by atoms with Gasteiger partial charge in [-0.15, -0.1) is 0 Å². The van der Waals surface area contributed by atoms with Gasteiger partial charge in [0.25, 0.3) is 0 Å². The summed E-state index contributed by atoms with van der Waals surface area (Å²) in [6, 6.07) is 15.9. The van der Waals surface area contributed by atoms with Crippen molar-refractivity contribution in [3.8, 4) is 11.1 Å². The van der Waals surface area contributed by atoms with Crippen molar-refractivity contribution < 1.29 is 48.0 Å². The Balaban J connectivity index is 0.00000104. The first-order valence-corrected chi connectivity index (χ1v) is 10.6.